The van der Waals surface area contributed by atoms with E-state index in [9.17, 15) is 8.42 Å². The Hall–Kier alpha value is -3.04. The minimum atomic E-state index is -3.71. The summed E-state index contributed by atoms with van der Waals surface area (Å²) < 4.78 is 33.9. The Labute approximate surface area is 189 Å². The fourth-order valence-corrected chi connectivity index (χ4v) is 5.68. The van der Waals surface area contributed by atoms with Crippen LogP contribution in [0, 0.1) is 6.92 Å². The molecule has 1 atom stereocenters. The summed E-state index contributed by atoms with van der Waals surface area (Å²) in [7, 11) is 1.59. The van der Waals surface area contributed by atoms with Gasteiger partial charge in [0.2, 0.25) is 16.0 Å². The molecule has 0 amide bonds. The standard InChI is InChI=1S/C23H27N5O3S/c1-16-14-24-12-11-19(16)20-15-25-23(27(2)3)26-22(20)21-6-5-13-28(21)32(29,30)18-9-7-17(31-4)8-10-18/h7-12,14-15,21H,5-6,13H2,1-4H3/t21-/m0/s1. The lowest BCUT2D eigenvalue weighted by Gasteiger charge is -2.26. The minimum Gasteiger partial charge on any atom is -0.497 e. The van der Waals surface area contributed by atoms with Crippen molar-refractivity contribution in [3.63, 3.8) is 0 Å². The number of aryl methyl sites for hydroxylation is 1. The highest BCUT2D eigenvalue weighted by Crippen LogP contribution is 2.40. The lowest BCUT2D eigenvalue weighted by Crippen LogP contribution is -2.31. The van der Waals surface area contributed by atoms with Crippen molar-refractivity contribution in [3.8, 4) is 16.9 Å². The molecule has 4 rings (SSSR count). The first-order chi connectivity index (χ1) is 15.3. The molecule has 1 saturated heterocycles. The number of rotatable bonds is 6. The molecule has 9 heteroatoms. The first-order valence-corrected chi connectivity index (χ1v) is 11.9. The van der Waals surface area contributed by atoms with Gasteiger partial charge in [-0.1, -0.05) is 0 Å². The number of hydrogen-bond acceptors (Lipinski definition) is 7. The highest BCUT2D eigenvalue weighted by Gasteiger charge is 2.38. The third-order valence-corrected chi connectivity index (χ3v) is 7.62. The van der Waals surface area contributed by atoms with E-state index >= 15 is 0 Å². The van der Waals surface area contributed by atoms with Crippen molar-refractivity contribution in [2.75, 3.05) is 32.6 Å². The van der Waals surface area contributed by atoms with Crippen LogP contribution in [0.5, 0.6) is 5.75 Å². The van der Waals surface area contributed by atoms with Gasteiger partial charge in [0.25, 0.3) is 0 Å². The van der Waals surface area contributed by atoms with Crippen LogP contribution in [0.3, 0.4) is 0 Å². The maximum atomic E-state index is 13.6. The van der Waals surface area contributed by atoms with Crippen LogP contribution in [0.2, 0.25) is 0 Å². The zero-order valence-corrected chi connectivity index (χ0v) is 19.5. The second-order valence-corrected chi connectivity index (χ2v) is 9.89. The molecule has 1 fully saturated rings. The van der Waals surface area contributed by atoms with Gasteiger partial charge in [-0.25, -0.2) is 18.4 Å². The van der Waals surface area contributed by atoms with Gasteiger partial charge in [0.05, 0.1) is 23.7 Å². The van der Waals surface area contributed by atoms with Crippen molar-refractivity contribution in [3.05, 3.63) is 60.2 Å². The molecule has 0 bridgehead atoms. The van der Waals surface area contributed by atoms with E-state index in [0.29, 0.717) is 30.4 Å². The lowest BCUT2D eigenvalue weighted by molar-refractivity contribution is 0.390. The first kappa shape index (κ1) is 22.2. The van der Waals surface area contributed by atoms with E-state index in [-0.39, 0.29) is 10.9 Å². The van der Waals surface area contributed by atoms with E-state index in [2.05, 4.69) is 9.97 Å². The molecule has 0 radical (unpaired) electrons. The average molecular weight is 454 g/mol. The molecule has 3 heterocycles. The number of methoxy groups -OCH3 is 1. The molecule has 32 heavy (non-hydrogen) atoms. The molecule has 0 saturated carbocycles. The van der Waals surface area contributed by atoms with E-state index in [0.717, 1.165) is 23.1 Å². The maximum Gasteiger partial charge on any atom is 0.243 e. The second-order valence-electron chi connectivity index (χ2n) is 8.00. The van der Waals surface area contributed by atoms with Crippen LogP contribution >= 0.6 is 0 Å². The first-order valence-electron chi connectivity index (χ1n) is 10.4. The van der Waals surface area contributed by atoms with Crippen molar-refractivity contribution in [1.82, 2.24) is 19.3 Å². The number of pyridine rings is 1. The van der Waals surface area contributed by atoms with Crippen molar-refractivity contribution in [2.24, 2.45) is 0 Å². The van der Waals surface area contributed by atoms with Gasteiger partial charge < -0.3 is 9.64 Å². The van der Waals surface area contributed by atoms with E-state index in [1.54, 1.807) is 54.3 Å². The summed E-state index contributed by atoms with van der Waals surface area (Å²) in [5.41, 5.74) is 3.48. The molecule has 1 aliphatic rings. The predicted molar refractivity (Wildman–Crippen MR) is 123 cm³/mol. The summed E-state index contributed by atoms with van der Waals surface area (Å²) in [6.07, 6.45) is 6.76. The molecule has 3 aromatic rings. The third-order valence-electron chi connectivity index (χ3n) is 5.70. The van der Waals surface area contributed by atoms with Crippen LogP contribution < -0.4 is 9.64 Å². The lowest BCUT2D eigenvalue weighted by atomic mass is 9.98. The second kappa shape index (κ2) is 8.84. The summed E-state index contributed by atoms with van der Waals surface area (Å²) in [6.45, 7) is 2.42. The monoisotopic (exact) mass is 453 g/mol. The van der Waals surface area contributed by atoms with Crippen molar-refractivity contribution < 1.29 is 13.2 Å². The minimum absolute atomic E-state index is 0.244. The Morgan fingerprint density at radius 1 is 1.09 bits per heavy atom. The Morgan fingerprint density at radius 3 is 2.50 bits per heavy atom. The van der Waals surface area contributed by atoms with Gasteiger partial charge in [-0.15, -0.1) is 0 Å². The zero-order valence-electron chi connectivity index (χ0n) is 18.7. The molecule has 1 aromatic carbocycles. The predicted octanol–water partition coefficient (Wildman–Crippen LogP) is 3.45. The van der Waals surface area contributed by atoms with Crippen LogP contribution in [-0.4, -0.2) is 55.4 Å². The number of sulfonamides is 1. The van der Waals surface area contributed by atoms with Gasteiger partial charge in [0.1, 0.15) is 5.75 Å². The summed E-state index contributed by atoms with van der Waals surface area (Å²) in [4.78, 5) is 15.6. The fraction of sp³-hybridized carbons (Fsp3) is 0.348. The number of hydrogen-bond donors (Lipinski definition) is 0. The van der Waals surface area contributed by atoms with E-state index in [1.807, 2.05) is 32.0 Å². The topological polar surface area (TPSA) is 88.5 Å². The van der Waals surface area contributed by atoms with Crippen molar-refractivity contribution >= 4 is 16.0 Å². The van der Waals surface area contributed by atoms with Crippen LogP contribution in [0.15, 0.2) is 53.8 Å². The number of benzene rings is 1. The Kier molecular flexibility index (Phi) is 6.12. The van der Waals surface area contributed by atoms with E-state index < -0.39 is 10.0 Å². The normalized spacial score (nSPS) is 16.8. The highest BCUT2D eigenvalue weighted by molar-refractivity contribution is 7.89. The Bertz CT molecular complexity index is 1210. The van der Waals surface area contributed by atoms with Crippen molar-refractivity contribution in [2.45, 2.75) is 30.7 Å². The number of ether oxygens (including phenoxy) is 1. The van der Waals surface area contributed by atoms with Gasteiger partial charge in [0, 0.05) is 44.8 Å². The number of nitrogens with zero attached hydrogens (tertiary/aromatic N) is 5. The molecule has 0 spiro atoms. The smallest absolute Gasteiger partial charge is 0.243 e. The molecule has 0 aliphatic carbocycles. The van der Waals surface area contributed by atoms with Crippen LogP contribution in [-0.2, 0) is 10.0 Å². The van der Waals surface area contributed by atoms with Crippen LogP contribution in [0.1, 0.15) is 30.1 Å². The average Bonchev–Trinajstić information content (AvgIpc) is 3.30. The fourth-order valence-electron chi connectivity index (χ4n) is 4.02. The Balaban J connectivity index is 1.82. The van der Waals surface area contributed by atoms with Gasteiger partial charge in [-0.2, -0.15) is 4.31 Å². The van der Waals surface area contributed by atoms with Crippen LogP contribution in [0.25, 0.3) is 11.1 Å². The molecule has 2 aromatic heterocycles. The van der Waals surface area contributed by atoms with Gasteiger partial charge in [-0.05, 0) is 61.2 Å². The largest absolute Gasteiger partial charge is 0.497 e. The maximum absolute atomic E-state index is 13.6. The molecule has 0 N–H and O–H groups in total. The molecular formula is C23H27N5O3S. The van der Waals surface area contributed by atoms with Gasteiger partial charge in [0.15, 0.2) is 0 Å². The summed E-state index contributed by atoms with van der Waals surface area (Å²) in [5.74, 6) is 1.16. The summed E-state index contributed by atoms with van der Waals surface area (Å²) in [5, 5.41) is 0. The molecular weight excluding hydrogens is 426 g/mol. The number of aromatic nitrogens is 3. The Morgan fingerprint density at radius 2 is 1.84 bits per heavy atom. The van der Waals surface area contributed by atoms with E-state index in [4.69, 9.17) is 9.72 Å². The summed E-state index contributed by atoms with van der Waals surface area (Å²) in [6, 6.07) is 8.04. The third kappa shape index (κ3) is 4.05. The summed E-state index contributed by atoms with van der Waals surface area (Å²) >= 11 is 0. The number of anilines is 1. The highest BCUT2D eigenvalue weighted by atomic mass is 32.2. The SMILES string of the molecule is COc1ccc(S(=O)(=O)N2CCC[C@H]2c2nc(N(C)C)ncc2-c2ccncc2C)cc1. The van der Waals surface area contributed by atoms with Crippen LogP contribution in [0.4, 0.5) is 5.95 Å². The molecule has 168 valence electrons. The molecule has 0 unspecified atom stereocenters. The molecule has 1 aliphatic heterocycles. The van der Waals surface area contributed by atoms with Gasteiger partial charge in [-0.3, -0.25) is 4.98 Å². The van der Waals surface area contributed by atoms with Gasteiger partial charge >= 0.3 is 0 Å². The van der Waals surface area contributed by atoms with E-state index in [1.165, 1.54) is 0 Å². The quantitative estimate of drug-likeness (QED) is 0.565. The van der Waals surface area contributed by atoms with Crippen molar-refractivity contribution in [1.29, 1.82) is 0 Å². The zero-order chi connectivity index (χ0) is 22.9. The molecule has 8 nitrogen and oxygen atoms in total.